The number of hydrogen-bond acceptors (Lipinski definition) is 4. The molecule has 1 aliphatic heterocycles. The number of fused-ring (bicyclic) bond motifs is 1. The minimum absolute atomic E-state index is 0.00827. The van der Waals surface area contributed by atoms with Crippen LogP contribution in [0.15, 0.2) is 64.3 Å². The van der Waals surface area contributed by atoms with Crippen molar-refractivity contribution >= 4 is 34.3 Å². The fourth-order valence-corrected chi connectivity index (χ4v) is 3.88. The molecule has 0 aliphatic carbocycles. The topological polar surface area (TPSA) is 70.8 Å². The molecule has 1 aliphatic rings. The number of hydrogen-bond donors (Lipinski definition) is 1. The second-order valence-electron chi connectivity index (χ2n) is 7.19. The molecule has 1 amide bonds. The number of halogens is 2. The Morgan fingerprint density at radius 3 is 2.63 bits per heavy atom. The fraction of sp³-hybridized carbons (Fsp3) is 0.217. The molecule has 0 saturated carbocycles. The van der Waals surface area contributed by atoms with Crippen molar-refractivity contribution in [1.29, 1.82) is 0 Å². The number of unbranched alkanes of at least 4 members (excludes halogenated alkanes) is 1. The van der Waals surface area contributed by atoms with E-state index in [1.165, 1.54) is 35.2 Å². The van der Waals surface area contributed by atoms with Crippen molar-refractivity contribution in [2.24, 2.45) is 0 Å². The van der Waals surface area contributed by atoms with E-state index in [2.05, 4.69) is 0 Å². The van der Waals surface area contributed by atoms with E-state index in [9.17, 15) is 19.1 Å². The molecule has 30 heavy (non-hydrogen) atoms. The molecule has 0 spiro atoms. The molecular weight excluding hydrogens is 409 g/mol. The van der Waals surface area contributed by atoms with Gasteiger partial charge in [0.25, 0.3) is 5.91 Å². The lowest BCUT2D eigenvalue weighted by Crippen LogP contribution is -2.32. The van der Waals surface area contributed by atoms with Crippen molar-refractivity contribution in [1.82, 2.24) is 4.90 Å². The van der Waals surface area contributed by atoms with E-state index < -0.39 is 29.3 Å². The standard InChI is InChI=1S/C23H19ClFNO4/c1-2-3-10-26-20(13-4-7-16(25)8-5-13)19(22(28)23(26)29)21(27)18-12-14-11-15(24)6-9-17(14)30-18/h4-9,11-12,20,28H,2-3,10H2,1H3. The van der Waals surface area contributed by atoms with Gasteiger partial charge in [-0.15, -0.1) is 0 Å². The average molecular weight is 428 g/mol. The number of Topliss-reactive ketones (excluding diaryl/α,β-unsaturated/α-hetero) is 1. The zero-order valence-corrected chi connectivity index (χ0v) is 16.9. The highest BCUT2D eigenvalue weighted by Crippen LogP contribution is 2.40. The molecular formula is C23H19ClFNO4. The molecule has 2 heterocycles. The molecule has 154 valence electrons. The van der Waals surface area contributed by atoms with Crippen LogP contribution in [-0.4, -0.2) is 28.2 Å². The van der Waals surface area contributed by atoms with Gasteiger partial charge in [-0.2, -0.15) is 0 Å². The first kappa shape index (κ1) is 20.2. The van der Waals surface area contributed by atoms with Gasteiger partial charge < -0.3 is 14.4 Å². The van der Waals surface area contributed by atoms with Crippen LogP contribution in [0.3, 0.4) is 0 Å². The van der Waals surface area contributed by atoms with Gasteiger partial charge in [-0.05, 0) is 48.4 Å². The Morgan fingerprint density at radius 1 is 1.20 bits per heavy atom. The number of aliphatic hydroxyl groups is 1. The summed E-state index contributed by atoms with van der Waals surface area (Å²) in [5.74, 6) is -2.27. The van der Waals surface area contributed by atoms with Gasteiger partial charge in [0, 0.05) is 17.0 Å². The number of nitrogens with zero attached hydrogens (tertiary/aromatic N) is 1. The van der Waals surface area contributed by atoms with Crippen LogP contribution >= 0.6 is 11.6 Å². The van der Waals surface area contributed by atoms with Crippen LogP contribution in [-0.2, 0) is 4.79 Å². The van der Waals surface area contributed by atoms with Crippen LogP contribution in [0.1, 0.15) is 41.9 Å². The molecule has 0 fully saturated rings. The van der Waals surface area contributed by atoms with Crippen LogP contribution in [0.4, 0.5) is 4.39 Å². The predicted octanol–water partition coefficient (Wildman–Crippen LogP) is 5.60. The number of ketones is 1. The molecule has 0 bridgehead atoms. The van der Waals surface area contributed by atoms with E-state index in [1.807, 2.05) is 6.92 Å². The highest BCUT2D eigenvalue weighted by molar-refractivity contribution is 6.31. The van der Waals surface area contributed by atoms with Gasteiger partial charge in [-0.25, -0.2) is 4.39 Å². The fourth-order valence-electron chi connectivity index (χ4n) is 3.70. The van der Waals surface area contributed by atoms with E-state index in [4.69, 9.17) is 16.0 Å². The summed E-state index contributed by atoms with van der Waals surface area (Å²) in [5.41, 5.74) is 0.925. The zero-order chi connectivity index (χ0) is 21.4. The molecule has 0 radical (unpaired) electrons. The summed E-state index contributed by atoms with van der Waals surface area (Å²) in [6.07, 6.45) is 1.52. The van der Waals surface area contributed by atoms with Gasteiger partial charge in [0.15, 0.2) is 11.5 Å². The maximum Gasteiger partial charge on any atom is 0.290 e. The number of aliphatic hydroxyl groups excluding tert-OH is 1. The van der Waals surface area contributed by atoms with E-state index in [0.717, 1.165) is 6.42 Å². The number of rotatable bonds is 6. The monoisotopic (exact) mass is 427 g/mol. The SMILES string of the molecule is CCCCN1C(=O)C(O)=C(C(=O)c2cc3cc(Cl)ccc3o2)C1c1ccc(F)cc1. The van der Waals surface area contributed by atoms with Crippen molar-refractivity contribution in [3.63, 3.8) is 0 Å². The molecule has 2 aromatic carbocycles. The minimum atomic E-state index is -0.825. The third-order valence-corrected chi connectivity index (χ3v) is 5.42. The average Bonchev–Trinajstić information content (AvgIpc) is 3.26. The van der Waals surface area contributed by atoms with Crippen molar-refractivity contribution < 1.29 is 23.5 Å². The first-order valence-electron chi connectivity index (χ1n) is 9.64. The lowest BCUT2D eigenvalue weighted by Gasteiger charge is -2.26. The minimum Gasteiger partial charge on any atom is -0.503 e. The largest absolute Gasteiger partial charge is 0.503 e. The number of carbonyl (C=O) groups is 2. The van der Waals surface area contributed by atoms with Gasteiger partial charge in [0.05, 0.1) is 11.6 Å². The van der Waals surface area contributed by atoms with Crippen molar-refractivity contribution in [2.45, 2.75) is 25.8 Å². The Morgan fingerprint density at radius 2 is 1.93 bits per heavy atom. The molecule has 5 nitrogen and oxygen atoms in total. The Hall–Kier alpha value is -3.12. The normalized spacial score (nSPS) is 16.7. The number of amides is 1. The lowest BCUT2D eigenvalue weighted by molar-refractivity contribution is -0.129. The summed E-state index contributed by atoms with van der Waals surface area (Å²) in [6, 6.07) is 11.2. The summed E-state index contributed by atoms with van der Waals surface area (Å²) in [6.45, 7) is 2.33. The first-order chi connectivity index (χ1) is 14.4. The van der Waals surface area contributed by atoms with Crippen LogP contribution in [0.25, 0.3) is 11.0 Å². The second kappa shape index (κ2) is 7.95. The Kier molecular flexibility index (Phi) is 5.35. The smallest absolute Gasteiger partial charge is 0.290 e. The highest BCUT2D eigenvalue weighted by atomic mass is 35.5. The second-order valence-corrected chi connectivity index (χ2v) is 7.63. The summed E-state index contributed by atoms with van der Waals surface area (Å²) in [4.78, 5) is 27.5. The van der Waals surface area contributed by atoms with Gasteiger partial charge in [-0.1, -0.05) is 37.1 Å². The predicted molar refractivity (Wildman–Crippen MR) is 111 cm³/mol. The zero-order valence-electron chi connectivity index (χ0n) is 16.2. The molecule has 0 saturated heterocycles. The Bertz CT molecular complexity index is 1170. The number of carbonyl (C=O) groups excluding carboxylic acids is 2. The molecule has 1 atom stereocenters. The van der Waals surface area contributed by atoms with Crippen molar-refractivity contribution in [3.05, 3.63) is 82.0 Å². The van der Waals surface area contributed by atoms with E-state index in [1.54, 1.807) is 18.2 Å². The Balaban J connectivity index is 1.79. The van der Waals surface area contributed by atoms with Gasteiger partial charge >= 0.3 is 0 Å². The molecule has 1 aromatic heterocycles. The van der Waals surface area contributed by atoms with Crippen LogP contribution in [0.5, 0.6) is 0 Å². The van der Waals surface area contributed by atoms with Crippen LogP contribution in [0, 0.1) is 5.82 Å². The summed E-state index contributed by atoms with van der Waals surface area (Å²) in [5, 5.41) is 11.7. The molecule has 1 N–H and O–H groups in total. The third-order valence-electron chi connectivity index (χ3n) is 5.19. The highest BCUT2D eigenvalue weighted by Gasteiger charge is 2.44. The molecule has 1 unspecified atom stereocenters. The number of furan rings is 1. The molecule has 7 heteroatoms. The third kappa shape index (κ3) is 3.48. The van der Waals surface area contributed by atoms with E-state index in [0.29, 0.717) is 34.5 Å². The van der Waals surface area contributed by atoms with Crippen LogP contribution in [0.2, 0.25) is 5.02 Å². The molecule has 3 aromatic rings. The quantitative estimate of drug-likeness (QED) is 0.519. The van der Waals surface area contributed by atoms with E-state index in [-0.39, 0.29) is 11.3 Å². The summed E-state index contributed by atoms with van der Waals surface area (Å²) >= 11 is 6.00. The summed E-state index contributed by atoms with van der Waals surface area (Å²) in [7, 11) is 0. The lowest BCUT2D eigenvalue weighted by atomic mass is 9.95. The van der Waals surface area contributed by atoms with Crippen molar-refractivity contribution in [2.75, 3.05) is 6.54 Å². The maximum absolute atomic E-state index is 13.5. The first-order valence-corrected chi connectivity index (χ1v) is 10.0. The summed E-state index contributed by atoms with van der Waals surface area (Å²) < 4.78 is 19.1. The molecule has 4 rings (SSSR count). The number of benzene rings is 2. The van der Waals surface area contributed by atoms with Crippen LogP contribution < -0.4 is 0 Å². The maximum atomic E-state index is 13.5. The van der Waals surface area contributed by atoms with Gasteiger partial charge in [0.2, 0.25) is 5.78 Å². The van der Waals surface area contributed by atoms with Crippen molar-refractivity contribution in [3.8, 4) is 0 Å². The van der Waals surface area contributed by atoms with Gasteiger partial charge in [0.1, 0.15) is 11.4 Å². The van der Waals surface area contributed by atoms with Gasteiger partial charge in [-0.3, -0.25) is 9.59 Å². The van der Waals surface area contributed by atoms with E-state index >= 15 is 0 Å². The Labute approximate surface area is 177 Å².